The van der Waals surface area contributed by atoms with Gasteiger partial charge in [0.05, 0.1) is 0 Å². The lowest BCUT2D eigenvalue weighted by molar-refractivity contribution is -0.111. The Morgan fingerprint density at radius 3 is 2.56 bits per heavy atom. The Balaban J connectivity index is 2.13. The highest BCUT2D eigenvalue weighted by molar-refractivity contribution is 8.13. The van der Waals surface area contributed by atoms with Gasteiger partial charge in [0.15, 0.2) is 5.12 Å². The van der Waals surface area contributed by atoms with Crippen molar-refractivity contribution in [3.63, 3.8) is 0 Å². The molecule has 1 saturated heterocycles. The van der Waals surface area contributed by atoms with Gasteiger partial charge in [-0.2, -0.15) is 0 Å². The van der Waals surface area contributed by atoms with Gasteiger partial charge in [-0.15, -0.1) is 0 Å². The first kappa shape index (κ1) is 16.2. The average Bonchev–Trinajstić information content (AvgIpc) is 2.36. The van der Waals surface area contributed by atoms with Crippen LogP contribution >= 0.6 is 11.8 Å². The molecular formula is C13H25O3SSi. The van der Waals surface area contributed by atoms with Crippen LogP contribution in [0, 0.1) is 5.92 Å². The molecule has 0 unspecified atom stereocenters. The Morgan fingerprint density at radius 1 is 1.33 bits per heavy atom. The van der Waals surface area contributed by atoms with Gasteiger partial charge in [0.1, 0.15) is 0 Å². The van der Waals surface area contributed by atoms with Crippen molar-refractivity contribution >= 4 is 25.4 Å². The SMILES string of the molecule is CCCC(=O)SCCC[Si]1(C)OC[C](CC)CO1. The quantitative estimate of drug-likeness (QED) is 0.530. The second-order valence-corrected chi connectivity index (χ2v) is 9.39. The van der Waals surface area contributed by atoms with Crippen molar-refractivity contribution in [2.45, 2.75) is 52.1 Å². The standard InChI is InChI=1S/C13H25O3SSi/c1-4-7-13(14)17-8-6-9-18(3)15-10-12(5-2)11-16-18/h4-11H2,1-3H3. The predicted octanol–water partition coefficient (Wildman–Crippen LogP) is 3.54. The summed E-state index contributed by atoms with van der Waals surface area (Å²) < 4.78 is 11.8. The summed E-state index contributed by atoms with van der Waals surface area (Å²) in [6.45, 7) is 7.88. The van der Waals surface area contributed by atoms with E-state index >= 15 is 0 Å². The third kappa shape index (κ3) is 5.86. The summed E-state index contributed by atoms with van der Waals surface area (Å²) in [7, 11) is -1.93. The number of carbonyl (C=O) groups excluding carboxylic acids is 1. The minimum Gasteiger partial charge on any atom is -0.394 e. The van der Waals surface area contributed by atoms with Crippen LogP contribution in [0.4, 0.5) is 0 Å². The molecule has 0 spiro atoms. The second-order valence-electron chi connectivity index (χ2n) is 4.89. The van der Waals surface area contributed by atoms with Crippen molar-refractivity contribution < 1.29 is 13.6 Å². The third-order valence-corrected chi connectivity index (χ3v) is 6.95. The molecule has 0 atom stereocenters. The van der Waals surface area contributed by atoms with Crippen LogP contribution in [0.25, 0.3) is 0 Å². The van der Waals surface area contributed by atoms with Crippen LogP contribution in [0.2, 0.25) is 12.6 Å². The zero-order valence-electron chi connectivity index (χ0n) is 11.8. The molecule has 3 nitrogen and oxygen atoms in total. The van der Waals surface area contributed by atoms with Gasteiger partial charge in [-0.1, -0.05) is 25.6 Å². The van der Waals surface area contributed by atoms with Crippen LogP contribution in [0.1, 0.15) is 39.5 Å². The molecule has 1 fully saturated rings. The molecule has 0 aromatic rings. The first-order valence-electron chi connectivity index (χ1n) is 6.86. The van der Waals surface area contributed by atoms with Crippen molar-refractivity contribution in [3.05, 3.63) is 5.92 Å². The van der Waals surface area contributed by atoms with E-state index in [2.05, 4.69) is 13.5 Å². The smallest absolute Gasteiger partial charge is 0.335 e. The van der Waals surface area contributed by atoms with E-state index in [0.29, 0.717) is 11.5 Å². The van der Waals surface area contributed by atoms with Crippen LogP contribution in [-0.4, -0.2) is 32.6 Å². The van der Waals surface area contributed by atoms with E-state index in [-0.39, 0.29) is 0 Å². The Kier molecular flexibility index (Phi) is 7.52. The van der Waals surface area contributed by atoms with E-state index in [1.165, 1.54) is 17.7 Å². The van der Waals surface area contributed by atoms with E-state index in [1.54, 1.807) is 0 Å². The zero-order valence-corrected chi connectivity index (χ0v) is 13.6. The number of thioether (sulfide) groups is 1. The van der Waals surface area contributed by atoms with Crippen LogP contribution in [-0.2, 0) is 13.6 Å². The molecule has 0 amide bonds. The maximum Gasteiger partial charge on any atom is 0.335 e. The minimum absolute atomic E-state index is 0.316. The highest BCUT2D eigenvalue weighted by Gasteiger charge is 2.36. The molecule has 0 N–H and O–H groups in total. The fourth-order valence-electron chi connectivity index (χ4n) is 1.80. The summed E-state index contributed by atoms with van der Waals surface area (Å²) in [4.78, 5) is 11.4. The van der Waals surface area contributed by atoms with Crippen molar-refractivity contribution in [3.8, 4) is 0 Å². The highest BCUT2D eigenvalue weighted by Crippen LogP contribution is 2.26. The molecule has 18 heavy (non-hydrogen) atoms. The second kappa shape index (κ2) is 8.35. The molecular weight excluding hydrogens is 264 g/mol. The Morgan fingerprint density at radius 2 is 2.00 bits per heavy atom. The fraction of sp³-hybridized carbons (Fsp3) is 0.846. The maximum absolute atomic E-state index is 11.4. The number of hydrogen-bond acceptors (Lipinski definition) is 4. The first-order chi connectivity index (χ1) is 8.59. The van der Waals surface area contributed by atoms with Gasteiger partial charge in [0.2, 0.25) is 0 Å². The minimum atomic E-state index is -1.93. The lowest BCUT2D eigenvalue weighted by atomic mass is 10.1. The fourth-order valence-corrected chi connectivity index (χ4v) is 5.13. The maximum atomic E-state index is 11.4. The van der Waals surface area contributed by atoms with E-state index < -0.39 is 8.56 Å². The van der Waals surface area contributed by atoms with Gasteiger partial charge in [-0.25, -0.2) is 0 Å². The molecule has 0 aromatic carbocycles. The van der Waals surface area contributed by atoms with Crippen molar-refractivity contribution in [2.75, 3.05) is 19.0 Å². The molecule has 1 radical (unpaired) electrons. The normalized spacial score (nSPS) is 19.9. The Hall–Kier alpha value is 0.157. The van der Waals surface area contributed by atoms with E-state index in [1.807, 2.05) is 6.92 Å². The third-order valence-electron chi connectivity index (χ3n) is 3.16. The van der Waals surface area contributed by atoms with Crippen LogP contribution in [0.3, 0.4) is 0 Å². The molecule has 5 heteroatoms. The van der Waals surface area contributed by atoms with Gasteiger partial charge < -0.3 is 8.85 Å². The Bertz CT molecular complexity index is 253. The van der Waals surface area contributed by atoms with Gasteiger partial charge >= 0.3 is 8.56 Å². The average molecular weight is 289 g/mol. The van der Waals surface area contributed by atoms with Gasteiger partial charge in [0, 0.05) is 31.3 Å². The topological polar surface area (TPSA) is 35.5 Å². The summed E-state index contributed by atoms with van der Waals surface area (Å²) in [5.41, 5.74) is 0. The summed E-state index contributed by atoms with van der Waals surface area (Å²) in [6, 6.07) is 0.996. The van der Waals surface area contributed by atoms with E-state index in [9.17, 15) is 4.79 Å². The molecule has 1 heterocycles. The van der Waals surface area contributed by atoms with Crippen molar-refractivity contribution in [1.29, 1.82) is 0 Å². The number of carbonyl (C=O) groups is 1. The summed E-state index contributed by atoms with van der Waals surface area (Å²) in [5.74, 6) is 2.26. The first-order valence-corrected chi connectivity index (χ1v) is 10.4. The van der Waals surface area contributed by atoms with E-state index in [4.69, 9.17) is 8.85 Å². The lowest BCUT2D eigenvalue weighted by Crippen LogP contribution is -2.45. The van der Waals surface area contributed by atoms with Crippen molar-refractivity contribution in [2.24, 2.45) is 0 Å². The Labute approximate surface area is 116 Å². The highest BCUT2D eigenvalue weighted by atomic mass is 32.2. The summed E-state index contributed by atoms with van der Waals surface area (Å²) in [5, 5.41) is 0.316. The summed E-state index contributed by atoms with van der Waals surface area (Å²) >= 11 is 1.46. The molecule has 0 aliphatic carbocycles. The molecule has 1 aliphatic rings. The van der Waals surface area contributed by atoms with Gasteiger partial charge in [-0.05, 0) is 31.9 Å². The number of hydrogen-bond donors (Lipinski definition) is 0. The number of rotatable bonds is 7. The summed E-state index contributed by atoms with van der Waals surface area (Å²) in [6.07, 6.45) is 3.71. The molecule has 0 bridgehead atoms. The lowest BCUT2D eigenvalue weighted by Gasteiger charge is -2.35. The largest absolute Gasteiger partial charge is 0.394 e. The predicted molar refractivity (Wildman–Crippen MR) is 78.9 cm³/mol. The zero-order chi connectivity index (χ0) is 13.4. The van der Waals surface area contributed by atoms with Crippen LogP contribution in [0.5, 0.6) is 0 Å². The molecule has 105 valence electrons. The van der Waals surface area contributed by atoms with Crippen molar-refractivity contribution in [1.82, 2.24) is 0 Å². The molecule has 0 aromatic heterocycles. The monoisotopic (exact) mass is 289 g/mol. The van der Waals surface area contributed by atoms with Gasteiger partial charge in [-0.3, -0.25) is 4.79 Å². The molecule has 0 saturated carbocycles. The van der Waals surface area contributed by atoms with Crippen LogP contribution < -0.4 is 0 Å². The van der Waals surface area contributed by atoms with Crippen LogP contribution in [0.15, 0.2) is 0 Å². The van der Waals surface area contributed by atoms with Gasteiger partial charge in [0.25, 0.3) is 0 Å². The molecule has 1 aliphatic heterocycles. The molecule has 1 rings (SSSR count). The van der Waals surface area contributed by atoms with E-state index in [0.717, 1.165) is 44.3 Å².